The van der Waals surface area contributed by atoms with Crippen LogP contribution < -0.4 is 11.1 Å². The first-order chi connectivity index (χ1) is 12.8. The molecule has 27 heavy (non-hydrogen) atoms. The second-order valence-corrected chi connectivity index (χ2v) is 8.17. The van der Waals surface area contributed by atoms with E-state index < -0.39 is 6.04 Å². The zero-order chi connectivity index (χ0) is 20.0. The van der Waals surface area contributed by atoms with Gasteiger partial charge in [0.2, 0.25) is 17.7 Å². The summed E-state index contributed by atoms with van der Waals surface area (Å²) in [5.74, 6) is 0.115. The molecule has 0 bridgehead atoms. The molecule has 0 aromatic heterocycles. The van der Waals surface area contributed by atoms with Crippen LogP contribution in [-0.2, 0) is 19.2 Å². The lowest BCUT2D eigenvalue weighted by Gasteiger charge is -2.30. The van der Waals surface area contributed by atoms with Gasteiger partial charge in [0, 0.05) is 31.3 Å². The molecule has 2 aliphatic rings. The molecule has 0 aromatic rings. The summed E-state index contributed by atoms with van der Waals surface area (Å²) in [4.78, 5) is 48.7. The number of nitrogens with two attached hydrogens (primary N) is 1. The minimum absolute atomic E-state index is 0.00239. The van der Waals surface area contributed by atoms with E-state index in [9.17, 15) is 19.2 Å². The average molecular weight is 380 g/mol. The molecule has 152 valence electrons. The summed E-state index contributed by atoms with van der Waals surface area (Å²) < 4.78 is 0. The number of likely N-dealkylation sites (tertiary alicyclic amines) is 1. The summed E-state index contributed by atoms with van der Waals surface area (Å²) in [6.45, 7) is 4.42. The highest BCUT2D eigenvalue weighted by Gasteiger charge is 2.37. The highest BCUT2D eigenvalue weighted by molar-refractivity contribution is 6.03. The van der Waals surface area contributed by atoms with Crippen LogP contribution in [0.25, 0.3) is 0 Å². The largest absolute Gasteiger partial charge is 0.356 e. The number of hydrogen-bond donors (Lipinski definition) is 2. The molecule has 1 aliphatic heterocycles. The quantitative estimate of drug-likeness (QED) is 0.465. The molecule has 0 radical (unpaired) electrons. The molecule has 2 rings (SSSR count). The van der Waals surface area contributed by atoms with Crippen LogP contribution in [0.5, 0.6) is 0 Å². The molecule has 0 aromatic carbocycles. The van der Waals surface area contributed by atoms with Gasteiger partial charge in [0.05, 0.1) is 6.04 Å². The highest BCUT2D eigenvalue weighted by Crippen LogP contribution is 2.31. The molecule has 3 N–H and O–H groups in total. The second-order valence-electron chi connectivity index (χ2n) is 8.17. The number of amides is 3. The molecule has 1 saturated carbocycles. The predicted molar refractivity (Wildman–Crippen MR) is 101 cm³/mol. The van der Waals surface area contributed by atoms with E-state index in [4.69, 9.17) is 5.73 Å². The summed E-state index contributed by atoms with van der Waals surface area (Å²) >= 11 is 0. The predicted octanol–water partition coefficient (Wildman–Crippen LogP) is 1.39. The summed E-state index contributed by atoms with van der Waals surface area (Å²) in [5.41, 5.74) is 5.69. The fourth-order valence-electron chi connectivity index (χ4n) is 3.95. The van der Waals surface area contributed by atoms with Crippen LogP contribution in [0.4, 0.5) is 0 Å². The Morgan fingerprint density at radius 1 is 1.19 bits per heavy atom. The molecule has 1 aliphatic carbocycles. The number of carbonyl (C=O) groups is 4. The Morgan fingerprint density at radius 2 is 1.85 bits per heavy atom. The number of unbranched alkanes of at least 4 members (excludes halogenated alkanes) is 1. The maximum absolute atomic E-state index is 12.3. The Hall–Kier alpha value is -1.76. The lowest BCUT2D eigenvalue weighted by molar-refractivity contribution is -0.140. The van der Waals surface area contributed by atoms with E-state index in [-0.39, 0.29) is 35.3 Å². The fraction of sp³-hybridized carbons (Fsp3) is 0.800. The molecule has 1 saturated heterocycles. The van der Waals surface area contributed by atoms with Gasteiger partial charge in [-0.1, -0.05) is 6.92 Å². The van der Waals surface area contributed by atoms with Gasteiger partial charge >= 0.3 is 0 Å². The number of rotatable bonds is 9. The van der Waals surface area contributed by atoms with Crippen molar-refractivity contribution in [2.45, 2.75) is 71.3 Å². The maximum atomic E-state index is 12.3. The third-order valence-electron chi connectivity index (χ3n) is 5.89. The molecule has 2 atom stereocenters. The van der Waals surface area contributed by atoms with Crippen molar-refractivity contribution in [2.24, 2.45) is 23.5 Å². The van der Waals surface area contributed by atoms with Gasteiger partial charge < -0.3 is 11.1 Å². The molecule has 0 spiro atoms. The molecule has 2 fully saturated rings. The normalized spacial score (nSPS) is 26.9. The minimum Gasteiger partial charge on any atom is -0.356 e. The third-order valence-corrected chi connectivity index (χ3v) is 5.89. The van der Waals surface area contributed by atoms with E-state index in [0.717, 1.165) is 38.5 Å². The van der Waals surface area contributed by atoms with Crippen LogP contribution in [0.15, 0.2) is 0 Å². The zero-order valence-electron chi connectivity index (χ0n) is 16.5. The van der Waals surface area contributed by atoms with E-state index in [2.05, 4.69) is 5.32 Å². The Labute approximate surface area is 161 Å². The van der Waals surface area contributed by atoms with Crippen molar-refractivity contribution in [1.82, 2.24) is 10.2 Å². The number of hydrogen-bond acceptors (Lipinski definition) is 5. The third kappa shape index (κ3) is 6.13. The first kappa shape index (κ1) is 21.5. The van der Waals surface area contributed by atoms with Crippen molar-refractivity contribution in [3.8, 4) is 0 Å². The van der Waals surface area contributed by atoms with Crippen LogP contribution in [0.1, 0.15) is 65.2 Å². The first-order valence-electron chi connectivity index (χ1n) is 10.2. The van der Waals surface area contributed by atoms with Crippen molar-refractivity contribution in [3.05, 3.63) is 0 Å². The fourth-order valence-corrected chi connectivity index (χ4v) is 3.95. The lowest BCUT2D eigenvalue weighted by atomic mass is 9.81. The Kier molecular flexibility index (Phi) is 7.95. The van der Waals surface area contributed by atoms with Crippen molar-refractivity contribution >= 4 is 23.5 Å². The number of nitrogens with one attached hydrogen (secondary N) is 1. The standard InChI is InChI=1S/C20H33N3O4/c1-13-11-18(25)23(20(13)27)12-15-6-8-16(9-7-15)19(26)22-10-4-3-5-17(21)14(2)24/h13,15-17H,3-12,21H2,1-2H3,(H,22,26). The van der Waals surface area contributed by atoms with Gasteiger partial charge in [0.25, 0.3) is 0 Å². The van der Waals surface area contributed by atoms with E-state index in [1.807, 2.05) is 0 Å². The monoisotopic (exact) mass is 379 g/mol. The van der Waals surface area contributed by atoms with E-state index in [1.54, 1.807) is 6.92 Å². The minimum atomic E-state index is -0.395. The highest BCUT2D eigenvalue weighted by atomic mass is 16.2. The molecule has 7 heteroatoms. The summed E-state index contributed by atoms with van der Waals surface area (Å²) in [6, 6.07) is -0.395. The van der Waals surface area contributed by atoms with Crippen LogP contribution in [0, 0.1) is 17.8 Å². The van der Waals surface area contributed by atoms with Gasteiger partial charge in [0.15, 0.2) is 0 Å². The van der Waals surface area contributed by atoms with E-state index >= 15 is 0 Å². The topological polar surface area (TPSA) is 110 Å². The van der Waals surface area contributed by atoms with Crippen molar-refractivity contribution in [1.29, 1.82) is 0 Å². The van der Waals surface area contributed by atoms with Crippen LogP contribution >= 0.6 is 0 Å². The number of Topliss-reactive ketones (excluding diaryl/α,β-unsaturated/α-hetero) is 1. The molecular weight excluding hydrogens is 346 g/mol. The Bertz CT molecular complexity index is 570. The lowest BCUT2D eigenvalue weighted by Crippen LogP contribution is -2.38. The summed E-state index contributed by atoms with van der Waals surface area (Å²) in [6.07, 6.45) is 5.98. The molecular formula is C20H33N3O4. The smallest absolute Gasteiger partial charge is 0.232 e. The van der Waals surface area contributed by atoms with E-state index in [1.165, 1.54) is 11.8 Å². The number of ketones is 1. The van der Waals surface area contributed by atoms with Gasteiger partial charge in [-0.2, -0.15) is 0 Å². The van der Waals surface area contributed by atoms with Crippen LogP contribution in [-0.4, -0.2) is 47.5 Å². The van der Waals surface area contributed by atoms with Crippen LogP contribution in [0.2, 0.25) is 0 Å². The molecule has 7 nitrogen and oxygen atoms in total. The molecule has 3 amide bonds. The summed E-state index contributed by atoms with van der Waals surface area (Å²) in [7, 11) is 0. The van der Waals surface area contributed by atoms with Crippen LogP contribution in [0.3, 0.4) is 0 Å². The van der Waals surface area contributed by atoms with Gasteiger partial charge in [-0.15, -0.1) is 0 Å². The Balaban J connectivity index is 1.62. The number of carbonyl (C=O) groups excluding carboxylic acids is 4. The van der Waals surface area contributed by atoms with Gasteiger partial charge in [-0.3, -0.25) is 24.1 Å². The van der Waals surface area contributed by atoms with Gasteiger partial charge in [-0.25, -0.2) is 0 Å². The number of nitrogens with zero attached hydrogens (tertiary/aromatic N) is 1. The van der Waals surface area contributed by atoms with Gasteiger partial charge in [-0.05, 0) is 57.8 Å². The first-order valence-corrected chi connectivity index (χ1v) is 10.2. The zero-order valence-corrected chi connectivity index (χ0v) is 16.5. The van der Waals surface area contributed by atoms with Gasteiger partial charge in [0.1, 0.15) is 5.78 Å². The number of imide groups is 1. The molecule has 1 heterocycles. The van der Waals surface area contributed by atoms with Crippen molar-refractivity contribution < 1.29 is 19.2 Å². The summed E-state index contributed by atoms with van der Waals surface area (Å²) in [5, 5.41) is 2.98. The maximum Gasteiger partial charge on any atom is 0.232 e. The SMILES string of the molecule is CC(=O)C(N)CCCCNC(=O)C1CCC(CN2C(=O)CC(C)C2=O)CC1. The van der Waals surface area contributed by atoms with E-state index in [0.29, 0.717) is 31.8 Å². The van der Waals surface area contributed by atoms with Crippen molar-refractivity contribution in [3.63, 3.8) is 0 Å². The Morgan fingerprint density at radius 3 is 2.41 bits per heavy atom. The van der Waals surface area contributed by atoms with Crippen molar-refractivity contribution in [2.75, 3.05) is 13.1 Å². The average Bonchev–Trinajstić information content (AvgIpc) is 2.87. The molecule has 2 unspecified atom stereocenters. The second kappa shape index (κ2) is 9.97.